The maximum absolute atomic E-state index is 9.80. The number of fused-ring (bicyclic) bond motifs is 8. The zero-order chi connectivity index (χ0) is 82.9. The summed E-state index contributed by atoms with van der Waals surface area (Å²) in [5, 5.41) is 83.9. The average molecular weight is 1570 g/mol. The molecule has 1 heterocycles. The molecule has 0 saturated heterocycles. The Morgan fingerprint density at radius 2 is 0.500 bits per heavy atom. The van der Waals surface area contributed by atoms with Gasteiger partial charge in [-0.05, 0) is 200 Å². The van der Waals surface area contributed by atoms with Gasteiger partial charge in [0.25, 0.3) is 0 Å². The van der Waals surface area contributed by atoms with Crippen LogP contribution in [0.1, 0.15) is 85.5 Å². The standard InChI is InChI=1S/C32H26O4.C17H14.C14H13N.C13H10.C13H12.C12H10O2.C10H8O2/c33-27-13-5-23(6-14-27)31(24-7-15-28(34)16-8-24)21-1-2-22(4-3-21)32(25-9-17-29(35)18-10-25)26-11-19-30(36)20-12-26;1-2-7-14(8-3-1)13-16-11-6-10-15-9-4-5-12-17(15)16;1-2-15-13-9-5-3-7-11(13)12-8-4-6-10-14(12)15;1-3-7-12-10(5-1)9-11-6-2-4-8-13(11)12;1-3-7-12(8-4-1)11-13-9-5-2-6-10-13;13-11-7-3-1-5-9(11)10-6-2-4-8-12(10)14;11-9-5-1-3-7-8(9)4-2-6-10(7)12/h1-20,31-36H;1-12H,13H2;3-10H,2H2,1H3;1-8H,9H2;1-10H,11H2;1-8,13-14H;1-6,11-12H. The normalized spacial score (nSPS) is 10.9. The third kappa shape index (κ3) is 20.5. The van der Waals surface area contributed by atoms with Crippen LogP contribution in [-0.2, 0) is 25.8 Å². The fraction of sp³-hybridized carbons (Fsp3) is 0.0631. The number of hydrogen-bond acceptors (Lipinski definition) is 8. The Balaban J connectivity index is 0.000000120. The number of nitrogens with zero attached hydrogens (tertiary/aromatic N) is 1. The van der Waals surface area contributed by atoms with E-state index >= 15 is 0 Å². The molecule has 590 valence electrons. The molecule has 9 heteroatoms. The second-order valence-corrected chi connectivity index (χ2v) is 29.3. The summed E-state index contributed by atoms with van der Waals surface area (Å²) >= 11 is 0. The van der Waals surface area contributed by atoms with Crippen LogP contribution in [0.5, 0.6) is 46.0 Å². The lowest BCUT2D eigenvalue weighted by atomic mass is 9.81. The zero-order valence-electron chi connectivity index (χ0n) is 66.6. The summed E-state index contributed by atoms with van der Waals surface area (Å²) in [6.45, 7) is 3.22. The molecule has 0 bridgehead atoms. The van der Waals surface area contributed by atoms with Crippen LogP contribution in [0.25, 0.3) is 65.6 Å². The van der Waals surface area contributed by atoms with E-state index in [0.29, 0.717) is 21.9 Å². The first-order valence-electron chi connectivity index (χ1n) is 40.2. The molecule has 20 rings (SSSR count). The first-order chi connectivity index (χ1) is 58.8. The number of aromatic hydroxyl groups is 8. The van der Waals surface area contributed by atoms with Gasteiger partial charge in [-0.1, -0.05) is 352 Å². The van der Waals surface area contributed by atoms with E-state index in [9.17, 15) is 40.9 Å². The van der Waals surface area contributed by atoms with Gasteiger partial charge in [-0.2, -0.15) is 0 Å². The highest BCUT2D eigenvalue weighted by atomic mass is 16.3. The minimum Gasteiger partial charge on any atom is -0.508 e. The van der Waals surface area contributed by atoms with Crippen molar-refractivity contribution < 1.29 is 40.9 Å². The molecule has 0 aliphatic heterocycles. The van der Waals surface area contributed by atoms with Crippen LogP contribution in [0.4, 0.5) is 0 Å². The van der Waals surface area contributed by atoms with Crippen LogP contribution in [0.2, 0.25) is 0 Å². The third-order valence-corrected chi connectivity index (χ3v) is 21.4. The summed E-state index contributed by atoms with van der Waals surface area (Å²) < 4.78 is 2.37. The molecule has 0 saturated carbocycles. The molecule has 0 atom stereocenters. The predicted molar refractivity (Wildman–Crippen MR) is 492 cm³/mol. The Morgan fingerprint density at radius 1 is 0.225 bits per heavy atom. The molecule has 120 heavy (non-hydrogen) atoms. The number of benzene rings is 18. The van der Waals surface area contributed by atoms with Crippen LogP contribution >= 0.6 is 0 Å². The quantitative estimate of drug-likeness (QED) is 0.0560. The van der Waals surface area contributed by atoms with Crippen molar-refractivity contribution in [3.8, 4) is 68.2 Å². The number of para-hydroxylation sites is 4. The summed E-state index contributed by atoms with van der Waals surface area (Å²) in [6.07, 6.45) is 3.14. The van der Waals surface area contributed by atoms with Gasteiger partial charge in [0.05, 0.1) is 0 Å². The Labute approximate surface area is 700 Å². The first kappa shape index (κ1) is 81.3. The second-order valence-electron chi connectivity index (χ2n) is 29.3. The Kier molecular flexibility index (Phi) is 27.0. The summed E-state index contributed by atoms with van der Waals surface area (Å²) in [5.74, 6) is 1.43. The van der Waals surface area contributed by atoms with Gasteiger partial charge in [-0.25, -0.2) is 0 Å². The Bertz CT molecular complexity index is 6070. The molecule has 1 aromatic heterocycles. The number of aromatic nitrogens is 1. The fourth-order valence-electron chi connectivity index (χ4n) is 15.5. The molecule has 0 amide bonds. The van der Waals surface area contributed by atoms with Crippen molar-refractivity contribution in [2.75, 3.05) is 0 Å². The van der Waals surface area contributed by atoms with Crippen molar-refractivity contribution in [2.24, 2.45) is 0 Å². The number of rotatable bonds is 12. The molecule has 1 aliphatic carbocycles. The lowest BCUT2D eigenvalue weighted by Crippen LogP contribution is -2.06. The SMILES string of the molecule is CCn1c2ccccc2c2ccccc21.Oc1ccc(C(c2ccc(O)cc2)c2ccc(C(c3ccc(O)cc3)c3ccc(O)cc3)cc2)cc1.Oc1cccc2c(O)cccc12.Oc1ccccc1-c1ccccc1O.c1ccc(Cc2cccc3ccccc23)cc1.c1ccc(Cc2ccccc2)cc1.c1ccc2c(c1)Cc1ccccc1-2. The number of aryl methyl sites for hydroxylation is 1. The maximum atomic E-state index is 9.80. The van der Waals surface area contributed by atoms with E-state index in [2.05, 4.69) is 266 Å². The molecular weight excluding hydrogens is 1480 g/mol. The number of hydrogen-bond donors (Lipinski definition) is 8. The van der Waals surface area contributed by atoms with Gasteiger partial charge in [0.1, 0.15) is 46.0 Å². The van der Waals surface area contributed by atoms with E-state index in [1.54, 1.807) is 121 Å². The molecule has 0 fully saturated rings. The van der Waals surface area contributed by atoms with Crippen molar-refractivity contribution in [1.29, 1.82) is 0 Å². The summed E-state index contributed by atoms with van der Waals surface area (Å²) in [7, 11) is 0. The van der Waals surface area contributed by atoms with Crippen molar-refractivity contribution in [3.63, 3.8) is 0 Å². The smallest absolute Gasteiger partial charge is 0.123 e. The van der Waals surface area contributed by atoms with Crippen LogP contribution in [0, 0.1) is 0 Å². The van der Waals surface area contributed by atoms with E-state index in [4.69, 9.17) is 0 Å². The minimum absolute atomic E-state index is 0.0824. The summed E-state index contributed by atoms with van der Waals surface area (Å²) in [4.78, 5) is 0. The van der Waals surface area contributed by atoms with Gasteiger partial charge in [0.15, 0.2) is 0 Å². The molecule has 9 nitrogen and oxygen atoms in total. The van der Waals surface area contributed by atoms with Crippen molar-refractivity contribution in [3.05, 3.63) is 504 Å². The second kappa shape index (κ2) is 39.8. The predicted octanol–water partition coefficient (Wildman–Crippen LogP) is 26.7. The van der Waals surface area contributed by atoms with E-state index in [1.165, 1.54) is 77.1 Å². The zero-order valence-corrected chi connectivity index (χ0v) is 66.6. The highest BCUT2D eigenvalue weighted by Gasteiger charge is 2.22. The largest absolute Gasteiger partial charge is 0.508 e. The summed E-state index contributed by atoms with van der Waals surface area (Å²) in [5.41, 5.74) is 21.5. The Morgan fingerprint density at radius 3 is 0.875 bits per heavy atom. The number of phenols is 8. The average Bonchev–Trinajstić information content (AvgIpc) is 1.62. The highest BCUT2D eigenvalue weighted by Crippen LogP contribution is 2.41. The number of phenolic OH excluding ortho intramolecular Hbond substituents is 8. The van der Waals surface area contributed by atoms with Gasteiger partial charge in [-0.15, -0.1) is 0 Å². The van der Waals surface area contributed by atoms with Gasteiger partial charge < -0.3 is 45.4 Å². The fourth-order valence-corrected chi connectivity index (χ4v) is 15.5. The van der Waals surface area contributed by atoms with Crippen molar-refractivity contribution in [1.82, 2.24) is 4.57 Å². The molecule has 1 aliphatic rings. The Hall–Kier alpha value is -15.3. The van der Waals surface area contributed by atoms with Gasteiger partial charge in [-0.3, -0.25) is 0 Å². The van der Waals surface area contributed by atoms with Gasteiger partial charge >= 0.3 is 0 Å². The van der Waals surface area contributed by atoms with Crippen LogP contribution in [-0.4, -0.2) is 45.4 Å². The molecule has 19 aromatic rings. The third-order valence-electron chi connectivity index (χ3n) is 21.4. The van der Waals surface area contributed by atoms with Crippen molar-refractivity contribution in [2.45, 2.75) is 44.6 Å². The van der Waals surface area contributed by atoms with Crippen molar-refractivity contribution >= 4 is 43.4 Å². The van der Waals surface area contributed by atoms with E-state index in [-0.39, 0.29) is 57.8 Å². The lowest BCUT2D eigenvalue weighted by Gasteiger charge is -2.22. The molecular formula is C111H93NO8. The van der Waals surface area contributed by atoms with E-state index < -0.39 is 0 Å². The van der Waals surface area contributed by atoms with E-state index in [0.717, 1.165) is 59.2 Å². The van der Waals surface area contributed by atoms with E-state index in [1.807, 2.05) is 60.7 Å². The topological polar surface area (TPSA) is 167 Å². The maximum Gasteiger partial charge on any atom is 0.123 e. The minimum atomic E-state index is -0.0824. The molecule has 0 unspecified atom stereocenters. The molecule has 8 N–H and O–H groups in total. The first-order valence-corrected chi connectivity index (χ1v) is 40.2. The monoisotopic (exact) mass is 1570 g/mol. The van der Waals surface area contributed by atoms with Crippen LogP contribution < -0.4 is 0 Å². The lowest BCUT2D eigenvalue weighted by molar-refractivity contribution is 0.469. The highest BCUT2D eigenvalue weighted by molar-refractivity contribution is 6.08. The van der Waals surface area contributed by atoms with Gasteiger partial charge in [0.2, 0.25) is 0 Å². The van der Waals surface area contributed by atoms with Crippen LogP contribution in [0.3, 0.4) is 0 Å². The summed E-state index contributed by atoms with van der Waals surface area (Å²) in [6, 6.07) is 143. The molecule has 18 aromatic carbocycles. The molecule has 0 spiro atoms. The van der Waals surface area contributed by atoms with Crippen LogP contribution in [0.15, 0.2) is 437 Å². The van der Waals surface area contributed by atoms with Gasteiger partial charge in [0, 0.05) is 62.1 Å². The molecule has 0 radical (unpaired) electrons.